The lowest BCUT2D eigenvalue weighted by Gasteiger charge is -2.35. The summed E-state index contributed by atoms with van der Waals surface area (Å²) in [5.41, 5.74) is 1.66. The molecule has 0 N–H and O–H groups in total. The van der Waals surface area contributed by atoms with E-state index in [1.165, 1.54) is 0 Å². The van der Waals surface area contributed by atoms with Gasteiger partial charge in [-0.05, 0) is 37.6 Å². The fourth-order valence-corrected chi connectivity index (χ4v) is 4.24. The zero-order chi connectivity index (χ0) is 25.3. The molecule has 0 atom stereocenters. The fourth-order valence-electron chi connectivity index (χ4n) is 4.24. The lowest BCUT2D eigenvalue weighted by molar-refractivity contribution is -0.384. The summed E-state index contributed by atoms with van der Waals surface area (Å²) in [4.78, 5) is 27.2. The third-order valence-electron chi connectivity index (χ3n) is 6.12. The fraction of sp³-hybridized carbons (Fsp3) is 0.333. The van der Waals surface area contributed by atoms with Crippen LogP contribution in [0.4, 0.5) is 24.5 Å². The Morgan fingerprint density at radius 1 is 1.09 bits per heavy atom. The van der Waals surface area contributed by atoms with Crippen LogP contribution in [0.1, 0.15) is 34.1 Å². The average molecular weight is 487 g/mol. The first kappa shape index (κ1) is 24.2. The Morgan fingerprint density at radius 3 is 2.31 bits per heavy atom. The predicted octanol–water partition coefficient (Wildman–Crippen LogP) is 4.63. The Labute approximate surface area is 199 Å². The highest BCUT2D eigenvalue weighted by Gasteiger charge is 2.34. The average Bonchev–Trinajstić information content (AvgIpc) is 3.27. The second kappa shape index (κ2) is 9.40. The molecule has 0 unspecified atom stereocenters. The SMILES string of the molecule is CCc1c(C(=O)N2CCN(c3ccc(C(F)(F)F)cc3[N+](=O)[O-])CC2)cnn1-c1ccc(C)cc1. The first-order valence-electron chi connectivity index (χ1n) is 11.1. The van der Waals surface area contributed by atoms with Crippen LogP contribution in [0.5, 0.6) is 0 Å². The van der Waals surface area contributed by atoms with E-state index in [0.717, 1.165) is 29.1 Å². The van der Waals surface area contributed by atoms with E-state index in [0.29, 0.717) is 18.1 Å². The number of hydrogen-bond acceptors (Lipinski definition) is 5. The van der Waals surface area contributed by atoms with Crippen LogP contribution >= 0.6 is 0 Å². The molecule has 0 spiro atoms. The van der Waals surface area contributed by atoms with Crippen molar-refractivity contribution in [3.8, 4) is 5.69 Å². The van der Waals surface area contributed by atoms with Crippen LogP contribution in [-0.4, -0.2) is 51.7 Å². The van der Waals surface area contributed by atoms with Gasteiger partial charge < -0.3 is 9.80 Å². The van der Waals surface area contributed by atoms with E-state index in [9.17, 15) is 28.1 Å². The van der Waals surface area contributed by atoms with Crippen LogP contribution in [0, 0.1) is 17.0 Å². The summed E-state index contributed by atoms with van der Waals surface area (Å²) >= 11 is 0. The second-order valence-electron chi connectivity index (χ2n) is 8.34. The van der Waals surface area contributed by atoms with E-state index in [4.69, 9.17) is 0 Å². The van der Waals surface area contributed by atoms with E-state index in [1.807, 2.05) is 38.1 Å². The zero-order valence-corrected chi connectivity index (χ0v) is 19.2. The summed E-state index contributed by atoms with van der Waals surface area (Å²) in [7, 11) is 0. The molecule has 0 radical (unpaired) electrons. The number of amides is 1. The number of carbonyl (C=O) groups excluding carboxylic acids is 1. The van der Waals surface area contributed by atoms with Crippen molar-refractivity contribution < 1.29 is 22.9 Å². The van der Waals surface area contributed by atoms with E-state index >= 15 is 0 Å². The maximum Gasteiger partial charge on any atom is 0.416 e. The van der Waals surface area contributed by atoms with Crippen LogP contribution in [-0.2, 0) is 12.6 Å². The topological polar surface area (TPSA) is 84.5 Å². The predicted molar refractivity (Wildman–Crippen MR) is 124 cm³/mol. The summed E-state index contributed by atoms with van der Waals surface area (Å²) in [5.74, 6) is -0.193. The van der Waals surface area contributed by atoms with E-state index in [1.54, 1.807) is 20.7 Å². The minimum Gasteiger partial charge on any atom is -0.362 e. The van der Waals surface area contributed by atoms with Gasteiger partial charge in [0.15, 0.2) is 0 Å². The summed E-state index contributed by atoms with van der Waals surface area (Å²) < 4.78 is 40.8. The number of nitro groups is 1. The summed E-state index contributed by atoms with van der Waals surface area (Å²) in [5, 5.41) is 15.9. The smallest absolute Gasteiger partial charge is 0.362 e. The quantitative estimate of drug-likeness (QED) is 0.387. The largest absolute Gasteiger partial charge is 0.416 e. The van der Waals surface area contributed by atoms with Crippen LogP contribution in [0.3, 0.4) is 0 Å². The molecule has 0 saturated carbocycles. The summed E-state index contributed by atoms with van der Waals surface area (Å²) in [6.07, 6.45) is -2.53. The molecule has 184 valence electrons. The van der Waals surface area contributed by atoms with Gasteiger partial charge >= 0.3 is 6.18 Å². The van der Waals surface area contributed by atoms with Gasteiger partial charge in [0, 0.05) is 32.2 Å². The number of nitrogens with zero attached hydrogens (tertiary/aromatic N) is 5. The molecule has 1 aromatic heterocycles. The number of halogens is 3. The molecule has 1 fully saturated rings. The number of alkyl halides is 3. The van der Waals surface area contributed by atoms with Gasteiger partial charge in [0.05, 0.1) is 33.6 Å². The molecule has 1 saturated heterocycles. The molecule has 2 heterocycles. The first-order valence-corrected chi connectivity index (χ1v) is 11.1. The molecule has 1 aliphatic heterocycles. The molecular formula is C24H24F3N5O3. The van der Waals surface area contributed by atoms with Crippen molar-refractivity contribution in [1.29, 1.82) is 0 Å². The Balaban J connectivity index is 1.51. The number of aryl methyl sites for hydroxylation is 1. The van der Waals surface area contributed by atoms with Crippen LogP contribution in [0.15, 0.2) is 48.7 Å². The van der Waals surface area contributed by atoms with Crippen molar-refractivity contribution in [1.82, 2.24) is 14.7 Å². The van der Waals surface area contributed by atoms with Crippen molar-refractivity contribution in [2.45, 2.75) is 26.4 Å². The lowest BCUT2D eigenvalue weighted by Crippen LogP contribution is -2.49. The van der Waals surface area contributed by atoms with Crippen LogP contribution in [0.25, 0.3) is 5.69 Å². The van der Waals surface area contributed by atoms with Gasteiger partial charge in [-0.15, -0.1) is 0 Å². The summed E-state index contributed by atoms with van der Waals surface area (Å²) in [6, 6.07) is 10.3. The maximum atomic E-state index is 13.3. The number of aromatic nitrogens is 2. The lowest BCUT2D eigenvalue weighted by atomic mass is 10.1. The Kier molecular flexibility index (Phi) is 6.51. The van der Waals surface area contributed by atoms with E-state index < -0.39 is 22.4 Å². The molecule has 3 aromatic rings. The third kappa shape index (κ3) is 4.84. The van der Waals surface area contributed by atoms with Crippen molar-refractivity contribution >= 4 is 17.3 Å². The van der Waals surface area contributed by atoms with Gasteiger partial charge in [-0.25, -0.2) is 4.68 Å². The van der Waals surface area contributed by atoms with Crippen molar-refractivity contribution in [2.75, 3.05) is 31.1 Å². The Morgan fingerprint density at radius 2 is 1.74 bits per heavy atom. The van der Waals surface area contributed by atoms with Gasteiger partial charge in [0.1, 0.15) is 5.69 Å². The van der Waals surface area contributed by atoms with Crippen molar-refractivity contribution in [3.63, 3.8) is 0 Å². The Bertz CT molecular complexity index is 1250. The number of anilines is 1. The number of rotatable bonds is 5. The molecule has 0 bridgehead atoms. The first-order chi connectivity index (χ1) is 16.6. The molecule has 0 aliphatic carbocycles. The number of hydrogen-bond donors (Lipinski definition) is 0. The zero-order valence-electron chi connectivity index (χ0n) is 19.2. The number of piperazine rings is 1. The highest BCUT2D eigenvalue weighted by molar-refractivity contribution is 5.95. The van der Waals surface area contributed by atoms with E-state index in [2.05, 4.69) is 5.10 Å². The minimum atomic E-state index is -4.67. The molecular weight excluding hydrogens is 463 g/mol. The van der Waals surface area contributed by atoms with Crippen LogP contribution < -0.4 is 4.90 Å². The third-order valence-corrected chi connectivity index (χ3v) is 6.12. The van der Waals surface area contributed by atoms with Gasteiger partial charge in [-0.1, -0.05) is 24.6 Å². The standard InChI is InChI=1S/C24H24F3N5O3/c1-3-20-19(15-28-31(20)18-7-4-16(2)5-8-18)23(33)30-12-10-29(11-13-30)21-9-6-17(24(25,26)27)14-22(21)32(34)35/h4-9,14-15H,3,10-13H2,1-2H3. The maximum absolute atomic E-state index is 13.3. The molecule has 1 amide bonds. The highest BCUT2D eigenvalue weighted by Crippen LogP contribution is 2.37. The van der Waals surface area contributed by atoms with Crippen molar-refractivity contribution in [2.24, 2.45) is 0 Å². The van der Waals surface area contributed by atoms with Gasteiger partial charge in [0.2, 0.25) is 0 Å². The molecule has 4 rings (SSSR count). The molecule has 35 heavy (non-hydrogen) atoms. The molecule has 1 aliphatic rings. The molecule has 2 aromatic carbocycles. The molecule has 8 nitrogen and oxygen atoms in total. The van der Waals surface area contributed by atoms with Gasteiger partial charge in [0.25, 0.3) is 11.6 Å². The normalized spacial score (nSPS) is 14.3. The van der Waals surface area contributed by atoms with Gasteiger partial charge in [-0.2, -0.15) is 18.3 Å². The van der Waals surface area contributed by atoms with Crippen LogP contribution in [0.2, 0.25) is 0 Å². The monoisotopic (exact) mass is 487 g/mol. The van der Waals surface area contributed by atoms with Crippen molar-refractivity contribution in [3.05, 3.63) is 81.2 Å². The van der Waals surface area contributed by atoms with E-state index in [-0.39, 0.29) is 37.8 Å². The van der Waals surface area contributed by atoms with Gasteiger partial charge in [-0.3, -0.25) is 14.9 Å². The minimum absolute atomic E-state index is 0.108. The number of benzene rings is 2. The number of nitro benzene ring substituents is 1. The highest BCUT2D eigenvalue weighted by atomic mass is 19.4. The Hall–Kier alpha value is -3.89. The number of carbonyl (C=O) groups is 1. The second-order valence-corrected chi connectivity index (χ2v) is 8.34. The molecule has 11 heteroatoms. The summed E-state index contributed by atoms with van der Waals surface area (Å²) in [6.45, 7) is 4.99.